The van der Waals surface area contributed by atoms with Crippen LogP contribution in [-0.2, 0) is 4.79 Å². The third kappa shape index (κ3) is 3.36. The van der Waals surface area contributed by atoms with E-state index in [0.717, 1.165) is 32.4 Å². The maximum Gasteiger partial charge on any atom is 0.222 e. The first-order valence-electron chi connectivity index (χ1n) is 6.24. The largest absolute Gasteiger partial charge is 0.343 e. The topological polar surface area (TPSA) is 32.3 Å². The van der Waals surface area contributed by atoms with Crippen LogP contribution in [0.25, 0.3) is 0 Å². The number of carbonyl (C=O) groups is 1. The highest BCUT2D eigenvalue weighted by atomic mass is 35.5. The minimum Gasteiger partial charge on any atom is -0.343 e. The van der Waals surface area contributed by atoms with Crippen LogP contribution < -0.4 is 5.32 Å². The molecule has 0 aromatic heterocycles. The Kier molecular flexibility index (Phi) is 5.56. The van der Waals surface area contributed by atoms with E-state index in [4.69, 9.17) is 0 Å². The van der Waals surface area contributed by atoms with Crippen LogP contribution in [0.3, 0.4) is 0 Å². The minimum atomic E-state index is 0. The fourth-order valence-corrected chi connectivity index (χ4v) is 2.49. The SMILES string of the molecule is CN(C(=O)CC1CCC1)C1CCNCC1.Cl. The molecule has 1 saturated carbocycles. The molecule has 2 aliphatic rings. The second-order valence-electron chi connectivity index (χ2n) is 4.99. The van der Waals surface area contributed by atoms with E-state index in [2.05, 4.69) is 5.32 Å². The van der Waals surface area contributed by atoms with Gasteiger partial charge in [0, 0.05) is 19.5 Å². The Hall–Kier alpha value is -0.280. The fourth-order valence-electron chi connectivity index (χ4n) is 2.49. The molecule has 0 aromatic rings. The molecule has 1 aliphatic heterocycles. The van der Waals surface area contributed by atoms with Crippen molar-refractivity contribution in [3.63, 3.8) is 0 Å². The van der Waals surface area contributed by atoms with Gasteiger partial charge in [-0.15, -0.1) is 12.4 Å². The van der Waals surface area contributed by atoms with Crippen molar-refractivity contribution in [1.29, 1.82) is 0 Å². The van der Waals surface area contributed by atoms with Gasteiger partial charge in [-0.25, -0.2) is 0 Å². The molecule has 0 radical (unpaired) electrons. The van der Waals surface area contributed by atoms with Gasteiger partial charge in [-0.2, -0.15) is 0 Å². The summed E-state index contributed by atoms with van der Waals surface area (Å²) in [6, 6.07) is 0.485. The molecule has 1 amide bonds. The Morgan fingerprint density at radius 2 is 1.88 bits per heavy atom. The highest BCUT2D eigenvalue weighted by molar-refractivity contribution is 5.85. The number of piperidine rings is 1. The van der Waals surface area contributed by atoms with Crippen LogP contribution in [-0.4, -0.2) is 37.0 Å². The van der Waals surface area contributed by atoms with E-state index < -0.39 is 0 Å². The van der Waals surface area contributed by atoms with Crippen LogP contribution in [0.15, 0.2) is 0 Å². The van der Waals surface area contributed by atoms with Gasteiger partial charge in [0.15, 0.2) is 0 Å². The van der Waals surface area contributed by atoms with Crippen molar-refractivity contribution < 1.29 is 4.79 Å². The fraction of sp³-hybridized carbons (Fsp3) is 0.917. The Balaban J connectivity index is 0.00000128. The van der Waals surface area contributed by atoms with E-state index >= 15 is 0 Å². The van der Waals surface area contributed by atoms with Crippen molar-refractivity contribution in [2.45, 2.75) is 44.6 Å². The van der Waals surface area contributed by atoms with Crippen LogP contribution >= 0.6 is 12.4 Å². The zero-order valence-corrected chi connectivity index (χ0v) is 10.9. The molecule has 3 nitrogen and oxygen atoms in total. The molecule has 1 heterocycles. The Morgan fingerprint density at radius 1 is 1.25 bits per heavy atom. The number of nitrogens with one attached hydrogen (secondary N) is 1. The number of amides is 1. The zero-order valence-electron chi connectivity index (χ0n) is 10.1. The van der Waals surface area contributed by atoms with Gasteiger partial charge in [-0.1, -0.05) is 6.42 Å². The first kappa shape index (κ1) is 13.8. The van der Waals surface area contributed by atoms with E-state index in [9.17, 15) is 4.79 Å². The molecule has 2 fully saturated rings. The lowest BCUT2D eigenvalue weighted by Crippen LogP contribution is -2.44. The van der Waals surface area contributed by atoms with Crippen molar-refractivity contribution in [3.8, 4) is 0 Å². The first-order chi connectivity index (χ1) is 7.27. The quantitative estimate of drug-likeness (QED) is 0.824. The van der Waals surface area contributed by atoms with Gasteiger partial charge in [-0.05, 0) is 44.7 Å². The monoisotopic (exact) mass is 246 g/mol. The minimum absolute atomic E-state index is 0. The molecule has 4 heteroatoms. The lowest BCUT2D eigenvalue weighted by Gasteiger charge is -2.34. The van der Waals surface area contributed by atoms with Gasteiger partial charge < -0.3 is 10.2 Å². The van der Waals surface area contributed by atoms with E-state index in [0.29, 0.717) is 17.9 Å². The van der Waals surface area contributed by atoms with E-state index in [-0.39, 0.29) is 12.4 Å². The van der Waals surface area contributed by atoms with Gasteiger partial charge in [0.25, 0.3) is 0 Å². The highest BCUT2D eigenvalue weighted by Gasteiger charge is 2.26. The Morgan fingerprint density at radius 3 is 2.38 bits per heavy atom. The highest BCUT2D eigenvalue weighted by Crippen LogP contribution is 2.30. The molecular formula is C12H23ClN2O. The summed E-state index contributed by atoms with van der Waals surface area (Å²) >= 11 is 0. The van der Waals surface area contributed by atoms with E-state index in [1.165, 1.54) is 19.3 Å². The molecule has 1 aliphatic carbocycles. The summed E-state index contributed by atoms with van der Waals surface area (Å²) < 4.78 is 0. The van der Waals surface area contributed by atoms with E-state index in [1.807, 2.05) is 11.9 Å². The lowest BCUT2D eigenvalue weighted by atomic mass is 9.82. The number of hydrogen-bond donors (Lipinski definition) is 1. The number of carbonyl (C=O) groups excluding carboxylic acids is 1. The number of nitrogens with zero attached hydrogens (tertiary/aromatic N) is 1. The summed E-state index contributed by atoms with van der Waals surface area (Å²) in [6.07, 6.45) is 6.90. The summed E-state index contributed by atoms with van der Waals surface area (Å²) in [7, 11) is 1.98. The smallest absolute Gasteiger partial charge is 0.222 e. The van der Waals surface area contributed by atoms with Crippen molar-refractivity contribution in [1.82, 2.24) is 10.2 Å². The maximum atomic E-state index is 12.0. The molecule has 0 spiro atoms. The molecule has 0 bridgehead atoms. The lowest BCUT2D eigenvalue weighted by molar-refractivity contribution is -0.134. The summed E-state index contributed by atoms with van der Waals surface area (Å²) in [5.41, 5.74) is 0. The Bertz CT molecular complexity index is 225. The van der Waals surface area contributed by atoms with Crippen LogP contribution in [0.4, 0.5) is 0 Å². The standard InChI is InChI=1S/C12H22N2O.ClH/c1-14(11-5-7-13-8-6-11)12(15)9-10-3-2-4-10;/h10-11,13H,2-9H2,1H3;1H. The third-order valence-corrected chi connectivity index (χ3v) is 3.94. The molecule has 94 valence electrons. The van der Waals surface area contributed by atoms with Gasteiger partial charge in [0.1, 0.15) is 0 Å². The molecule has 0 atom stereocenters. The second-order valence-corrected chi connectivity index (χ2v) is 4.99. The molecule has 16 heavy (non-hydrogen) atoms. The van der Waals surface area contributed by atoms with Gasteiger partial charge in [0.05, 0.1) is 0 Å². The maximum absolute atomic E-state index is 12.0. The number of halogens is 1. The number of hydrogen-bond acceptors (Lipinski definition) is 2. The Labute approximate surface area is 104 Å². The molecule has 0 aromatic carbocycles. The molecule has 2 rings (SSSR count). The van der Waals surface area contributed by atoms with Crippen molar-refractivity contribution in [2.24, 2.45) is 5.92 Å². The van der Waals surface area contributed by atoms with Crippen LogP contribution in [0.2, 0.25) is 0 Å². The predicted octanol–water partition coefficient (Wildman–Crippen LogP) is 1.81. The summed E-state index contributed by atoms with van der Waals surface area (Å²) in [6.45, 7) is 2.12. The molecule has 1 saturated heterocycles. The van der Waals surface area contributed by atoms with Gasteiger partial charge in [0.2, 0.25) is 5.91 Å². The van der Waals surface area contributed by atoms with Crippen LogP contribution in [0.5, 0.6) is 0 Å². The molecule has 0 unspecified atom stereocenters. The van der Waals surface area contributed by atoms with Crippen LogP contribution in [0.1, 0.15) is 38.5 Å². The average Bonchev–Trinajstić information content (AvgIpc) is 2.23. The van der Waals surface area contributed by atoms with Crippen molar-refractivity contribution >= 4 is 18.3 Å². The van der Waals surface area contributed by atoms with Crippen molar-refractivity contribution in [3.05, 3.63) is 0 Å². The zero-order chi connectivity index (χ0) is 10.7. The van der Waals surface area contributed by atoms with E-state index in [1.54, 1.807) is 0 Å². The second kappa shape index (κ2) is 6.45. The van der Waals surface area contributed by atoms with Crippen LogP contribution in [0, 0.1) is 5.92 Å². The van der Waals surface area contributed by atoms with Gasteiger partial charge >= 0.3 is 0 Å². The average molecular weight is 247 g/mol. The predicted molar refractivity (Wildman–Crippen MR) is 67.9 cm³/mol. The summed E-state index contributed by atoms with van der Waals surface area (Å²) in [5.74, 6) is 1.06. The van der Waals surface area contributed by atoms with Gasteiger partial charge in [-0.3, -0.25) is 4.79 Å². The summed E-state index contributed by atoms with van der Waals surface area (Å²) in [5, 5.41) is 3.33. The summed E-state index contributed by atoms with van der Waals surface area (Å²) in [4.78, 5) is 14.0. The van der Waals surface area contributed by atoms with Crippen molar-refractivity contribution in [2.75, 3.05) is 20.1 Å². The molecule has 1 N–H and O–H groups in total. The first-order valence-corrected chi connectivity index (χ1v) is 6.24. The molecular weight excluding hydrogens is 224 g/mol. The third-order valence-electron chi connectivity index (χ3n) is 3.94. The normalized spacial score (nSPS) is 22.1. The number of rotatable bonds is 3.